The van der Waals surface area contributed by atoms with Crippen LogP contribution in [0.3, 0.4) is 0 Å². The van der Waals surface area contributed by atoms with Crippen molar-refractivity contribution in [3.63, 3.8) is 0 Å². The van der Waals surface area contributed by atoms with E-state index in [0.717, 1.165) is 71.5 Å². The van der Waals surface area contributed by atoms with Gasteiger partial charge >= 0.3 is 0 Å². The number of guanidine groups is 1. The molecular formula is C21H35N5O. The second kappa shape index (κ2) is 10.6. The van der Waals surface area contributed by atoms with Crippen molar-refractivity contribution >= 4 is 5.96 Å². The van der Waals surface area contributed by atoms with Gasteiger partial charge in [0, 0.05) is 79.0 Å². The zero-order valence-corrected chi connectivity index (χ0v) is 16.9. The number of hydrogen-bond donors (Lipinski definition) is 1. The molecule has 6 heteroatoms. The first kappa shape index (κ1) is 20.1. The number of nitrogens with zero attached hydrogens (tertiary/aromatic N) is 4. The summed E-state index contributed by atoms with van der Waals surface area (Å²) >= 11 is 0. The van der Waals surface area contributed by atoms with Gasteiger partial charge in [-0.1, -0.05) is 30.3 Å². The van der Waals surface area contributed by atoms with Gasteiger partial charge in [0.25, 0.3) is 0 Å². The number of benzene rings is 1. The van der Waals surface area contributed by atoms with Gasteiger partial charge in [0.05, 0.1) is 6.61 Å². The Bertz CT molecular complexity index is 571. The number of piperazine rings is 1. The van der Waals surface area contributed by atoms with Gasteiger partial charge in [-0.15, -0.1) is 0 Å². The third-order valence-corrected chi connectivity index (χ3v) is 5.62. The van der Waals surface area contributed by atoms with Crippen LogP contribution in [0, 0.1) is 5.92 Å². The molecule has 0 radical (unpaired) electrons. The third-order valence-electron chi connectivity index (χ3n) is 5.62. The lowest BCUT2D eigenvalue weighted by Crippen LogP contribution is -2.49. The maximum absolute atomic E-state index is 5.30. The zero-order chi connectivity index (χ0) is 18.9. The van der Waals surface area contributed by atoms with E-state index < -0.39 is 0 Å². The molecule has 3 rings (SSSR count). The van der Waals surface area contributed by atoms with Crippen molar-refractivity contribution in [2.75, 3.05) is 73.1 Å². The van der Waals surface area contributed by atoms with Crippen LogP contribution in [-0.2, 0) is 11.3 Å². The van der Waals surface area contributed by atoms with Crippen LogP contribution in [0.1, 0.15) is 12.0 Å². The SMILES string of the molecule is CN=C(NCCN1CCN(Cc2ccccc2)CC1)N1CCC(COC)C1. The van der Waals surface area contributed by atoms with Gasteiger partial charge in [0.2, 0.25) is 0 Å². The van der Waals surface area contributed by atoms with E-state index in [2.05, 4.69) is 55.3 Å². The Hall–Kier alpha value is -1.63. The Balaban J connectivity index is 1.33. The van der Waals surface area contributed by atoms with Crippen LogP contribution in [0.25, 0.3) is 0 Å². The van der Waals surface area contributed by atoms with E-state index in [-0.39, 0.29) is 0 Å². The van der Waals surface area contributed by atoms with E-state index in [1.165, 1.54) is 12.0 Å². The summed E-state index contributed by atoms with van der Waals surface area (Å²) in [6.07, 6.45) is 1.19. The lowest BCUT2D eigenvalue weighted by atomic mass is 10.1. The maximum Gasteiger partial charge on any atom is 0.193 e. The summed E-state index contributed by atoms with van der Waals surface area (Å²) in [4.78, 5) is 11.9. The molecule has 1 aromatic carbocycles. The molecular weight excluding hydrogens is 338 g/mol. The summed E-state index contributed by atoms with van der Waals surface area (Å²) in [6, 6.07) is 10.8. The van der Waals surface area contributed by atoms with Crippen LogP contribution in [0.4, 0.5) is 0 Å². The van der Waals surface area contributed by atoms with Gasteiger partial charge < -0.3 is 15.0 Å². The van der Waals surface area contributed by atoms with Crippen LogP contribution >= 0.6 is 0 Å². The Labute approximate surface area is 164 Å². The number of ether oxygens (including phenoxy) is 1. The smallest absolute Gasteiger partial charge is 0.193 e. The molecule has 6 nitrogen and oxygen atoms in total. The molecule has 2 heterocycles. The molecule has 150 valence electrons. The fourth-order valence-corrected chi connectivity index (χ4v) is 4.07. The highest BCUT2D eigenvalue weighted by atomic mass is 16.5. The maximum atomic E-state index is 5.30. The molecule has 0 aromatic heterocycles. The predicted octanol–water partition coefficient (Wildman–Crippen LogP) is 1.35. The van der Waals surface area contributed by atoms with Gasteiger partial charge in [-0.05, 0) is 12.0 Å². The Morgan fingerprint density at radius 1 is 1.11 bits per heavy atom. The minimum Gasteiger partial charge on any atom is -0.384 e. The topological polar surface area (TPSA) is 43.3 Å². The average Bonchev–Trinajstić information content (AvgIpc) is 3.16. The second-order valence-electron chi connectivity index (χ2n) is 7.63. The number of hydrogen-bond acceptors (Lipinski definition) is 4. The van der Waals surface area contributed by atoms with Crippen molar-refractivity contribution in [3.8, 4) is 0 Å². The first-order valence-corrected chi connectivity index (χ1v) is 10.2. The molecule has 2 aliphatic heterocycles. The molecule has 0 amide bonds. The lowest BCUT2D eigenvalue weighted by molar-refractivity contribution is 0.128. The summed E-state index contributed by atoms with van der Waals surface area (Å²) in [5, 5.41) is 3.55. The molecule has 2 fully saturated rings. The van der Waals surface area contributed by atoms with Crippen LogP contribution < -0.4 is 5.32 Å². The van der Waals surface area contributed by atoms with E-state index in [1.807, 2.05) is 7.05 Å². The van der Waals surface area contributed by atoms with Crippen molar-refractivity contribution in [2.24, 2.45) is 10.9 Å². The summed E-state index contributed by atoms with van der Waals surface area (Å²) in [5.41, 5.74) is 1.41. The van der Waals surface area contributed by atoms with Crippen LogP contribution in [-0.4, -0.2) is 93.8 Å². The van der Waals surface area contributed by atoms with Crippen molar-refractivity contribution in [3.05, 3.63) is 35.9 Å². The first-order chi connectivity index (χ1) is 13.3. The van der Waals surface area contributed by atoms with E-state index >= 15 is 0 Å². The molecule has 27 heavy (non-hydrogen) atoms. The molecule has 2 aliphatic rings. The van der Waals surface area contributed by atoms with E-state index in [1.54, 1.807) is 7.11 Å². The quantitative estimate of drug-likeness (QED) is 0.577. The highest BCUT2D eigenvalue weighted by Gasteiger charge is 2.24. The lowest BCUT2D eigenvalue weighted by Gasteiger charge is -2.35. The van der Waals surface area contributed by atoms with E-state index in [0.29, 0.717) is 5.92 Å². The zero-order valence-electron chi connectivity index (χ0n) is 16.9. The number of nitrogens with one attached hydrogen (secondary N) is 1. The third kappa shape index (κ3) is 6.19. The minimum atomic E-state index is 0.631. The predicted molar refractivity (Wildman–Crippen MR) is 111 cm³/mol. The fraction of sp³-hybridized carbons (Fsp3) is 0.667. The van der Waals surface area contributed by atoms with Crippen LogP contribution in [0.15, 0.2) is 35.3 Å². The Kier molecular flexibility index (Phi) is 7.93. The van der Waals surface area contributed by atoms with Gasteiger partial charge in [-0.25, -0.2) is 0 Å². The molecule has 0 saturated carbocycles. The largest absolute Gasteiger partial charge is 0.384 e. The summed E-state index contributed by atoms with van der Waals surface area (Å²) in [7, 11) is 3.67. The highest BCUT2D eigenvalue weighted by Crippen LogP contribution is 2.16. The molecule has 0 bridgehead atoms. The van der Waals surface area contributed by atoms with E-state index in [4.69, 9.17) is 4.74 Å². The first-order valence-electron chi connectivity index (χ1n) is 10.2. The summed E-state index contributed by atoms with van der Waals surface area (Å²) in [5.74, 6) is 1.67. The Morgan fingerprint density at radius 2 is 1.85 bits per heavy atom. The van der Waals surface area contributed by atoms with Crippen molar-refractivity contribution < 1.29 is 4.74 Å². The average molecular weight is 374 g/mol. The van der Waals surface area contributed by atoms with Gasteiger partial charge in [0.1, 0.15) is 0 Å². The molecule has 0 aliphatic carbocycles. The van der Waals surface area contributed by atoms with Crippen molar-refractivity contribution in [2.45, 2.75) is 13.0 Å². The van der Waals surface area contributed by atoms with Crippen LogP contribution in [0.5, 0.6) is 0 Å². The number of likely N-dealkylation sites (tertiary alicyclic amines) is 1. The molecule has 1 unspecified atom stereocenters. The molecule has 1 atom stereocenters. The standard InChI is InChI=1S/C21H35N5O/c1-22-21(26-10-8-20(17-26)18-27-2)23-9-11-24-12-14-25(15-13-24)16-19-6-4-3-5-7-19/h3-7,20H,8-18H2,1-2H3,(H,22,23). The monoisotopic (exact) mass is 373 g/mol. The molecule has 0 spiro atoms. The molecule has 1 N–H and O–H groups in total. The van der Waals surface area contributed by atoms with Crippen molar-refractivity contribution in [1.29, 1.82) is 0 Å². The fourth-order valence-electron chi connectivity index (χ4n) is 4.07. The van der Waals surface area contributed by atoms with Crippen LogP contribution in [0.2, 0.25) is 0 Å². The van der Waals surface area contributed by atoms with E-state index in [9.17, 15) is 0 Å². The number of methoxy groups -OCH3 is 1. The normalized spacial score (nSPS) is 22.4. The number of aliphatic imine (C=N–C) groups is 1. The summed E-state index contributed by atoms with van der Waals surface area (Å²) < 4.78 is 5.30. The molecule has 2 saturated heterocycles. The number of rotatable bonds is 7. The van der Waals surface area contributed by atoms with Gasteiger partial charge in [-0.2, -0.15) is 0 Å². The van der Waals surface area contributed by atoms with Gasteiger partial charge in [0.15, 0.2) is 5.96 Å². The van der Waals surface area contributed by atoms with Crippen molar-refractivity contribution in [1.82, 2.24) is 20.0 Å². The van der Waals surface area contributed by atoms with Gasteiger partial charge in [-0.3, -0.25) is 14.8 Å². The minimum absolute atomic E-state index is 0.631. The Morgan fingerprint density at radius 3 is 2.56 bits per heavy atom. The molecule has 1 aromatic rings. The summed E-state index contributed by atoms with van der Waals surface area (Å²) in [6.45, 7) is 10.7. The second-order valence-corrected chi connectivity index (χ2v) is 7.63. The highest BCUT2D eigenvalue weighted by molar-refractivity contribution is 5.80.